The lowest BCUT2D eigenvalue weighted by Crippen LogP contribution is -2.48. The number of morpholine rings is 1. The van der Waals surface area contributed by atoms with Gasteiger partial charge in [0.2, 0.25) is 15.9 Å². The van der Waals surface area contributed by atoms with Crippen LogP contribution in [0.15, 0.2) is 0 Å². The Labute approximate surface area is 119 Å². The molecule has 0 unspecified atom stereocenters. The van der Waals surface area contributed by atoms with E-state index in [1.54, 1.807) is 0 Å². The van der Waals surface area contributed by atoms with Gasteiger partial charge in [-0.05, 0) is 19.3 Å². The second-order valence-electron chi connectivity index (χ2n) is 5.43. The highest BCUT2D eigenvalue weighted by Gasteiger charge is 2.34. The van der Waals surface area contributed by atoms with Crippen molar-refractivity contribution in [2.24, 2.45) is 0 Å². The first kappa shape index (κ1) is 15.7. The summed E-state index contributed by atoms with van der Waals surface area (Å²) in [6.07, 6.45) is 2.28. The summed E-state index contributed by atoms with van der Waals surface area (Å²) in [6, 6.07) is 0. The van der Waals surface area contributed by atoms with Gasteiger partial charge >= 0.3 is 0 Å². The van der Waals surface area contributed by atoms with Crippen LogP contribution in [0.4, 0.5) is 0 Å². The van der Waals surface area contributed by atoms with Crippen LogP contribution < -0.4 is 5.32 Å². The van der Waals surface area contributed by atoms with Crippen molar-refractivity contribution in [1.29, 1.82) is 0 Å². The molecule has 1 saturated carbocycles. The molecule has 2 N–H and O–H groups in total. The van der Waals surface area contributed by atoms with Gasteiger partial charge in [-0.1, -0.05) is 0 Å². The maximum atomic E-state index is 12.0. The average Bonchev–Trinajstić information content (AvgIpc) is 2.42. The molecule has 1 aliphatic carbocycles. The minimum atomic E-state index is -3.39. The molecule has 2 fully saturated rings. The number of carbonyl (C=O) groups excluding carboxylic acids is 1. The van der Waals surface area contributed by atoms with E-state index in [1.165, 1.54) is 4.31 Å². The van der Waals surface area contributed by atoms with Gasteiger partial charge in [-0.25, -0.2) is 8.42 Å². The summed E-state index contributed by atoms with van der Waals surface area (Å²) in [5.41, 5.74) is -0.779. The van der Waals surface area contributed by atoms with Gasteiger partial charge in [0.1, 0.15) is 0 Å². The molecule has 2 aliphatic rings. The van der Waals surface area contributed by atoms with Gasteiger partial charge in [0.15, 0.2) is 0 Å². The Morgan fingerprint density at radius 1 is 1.30 bits per heavy atom. The second kappa shape index (κ2) is 6.38. The molecular weight excluding hydrogens is 284 g/mol. The molecule has 1 aliphatic heterocycles. The zero-order valence-electron chi connectivity index (χ0n) is 11.5. The van der Waals surface area contributed by atoms with Crippen molar-refractivity contribution in [3.8, 4) is 0 Å². The molecule has 2 rings (SSSR count). The maximum absolute atomic E-state index is 12.0. The van der Waals surface area contributed by atoms with Gasteiger partial charge in [0.05, 0.1) is 24.6 Å². The van der Waals surface area contributed by atoms with Crippen molar-refractivity contribution in [2.75, 3.05) is 38.6 Å². The molecule has 0 atom stereocenters. The average molecular weight is 306 g/mol. The molecule has 0 spiro atoms. The SMILES string of the molecule is O=C(CCS(=O)(=O)N1CCOCC1)NCC1(O)CCC1. The number of ether oxygens (including phenoxy) is 1. The lowest BCUT2D eigenvalue weighted by molar-refractivity contribution is -0.123. The smallest absolute Gasteiger partial charge is 0.221 e. The fourth-order valence-electron chi connectivity index (χ4n) is 2.29. The van der Waals surface area contributed by atoms with Gasteiger partial charge in [-0.15, -0.1) is 0 Å². The molecule has 7 nitrogen and oxygen atoms in total. The molecule has 0 bridgehead atoms. The summed E-state index contributed by atoms with van der Waals surface area (Å²) in [6.45, 7) is 1.72. The molecule has 0 radical (unpaired) electrons. The van der Waals surface area contributed by atoms with E-state index in [1.807, 2.05) is 0 Å². The minimum absolute atomic E-state index is 0.0736. The monoisotopic (exact) mass is 306 g/mol. The van der Waals surface area contributed by atoms with Crippen molar-refractivity contribution in [2.45, 2.75) is 31.3 Å². The van der Waals surface area contributed by atoms with E-state index in [-0.39, 0.29) is 24.6 Å². The predicted octanol–water partition coefficient (Wildman–Crippen LogP) is -0.930. The van der Waals surface area contributed by atoms with Crippen molar-refractivity contribution >= 4 is 15.9 Å². The lowest BCUT2D eigenvalue weighted by atomic mass is 9.80. The van der Waals surface area contributed by atoms with Crippen LogP contribution in [0.1, 0.15) is 25.7 Å². The van der Waals surface area contributed by atoms with E-state index in [4.69, 9.17) is 4.74 Å². The van der Waals surface area contributed by atoms with E-state index < -0.39 is 15.6 Å². The highest BCUT2D eigenvalue weighted by Crippen LogP contribution is 2.30. The topological polar surface area (TPSA) is 95.9 Å². The molecule has 20 heavy (non-hydrogen) atoms. The summed E-state index contributed by atoms with van der Waals surface area (Å²) in [7, 11) is -3.39. The van der Waals surface area contributed by atoms with Crippen molar-refractivity contribution < 1.29 is 23.1 Å². The van der Waals surface area contributed by atoms with Crippen LogP contribution in [0.25, 0.3) is 0 Å². The van der Waals surface area contributed by atoms with Crippen molar-refractivity contribution in [3.63, 3.8) is 0 Å². The van der Waals surface area contributed by atoms with Crippen LogP contribution in [0.2, 0.25) is 0 Å². The fourth-order valence-corrected chi connectivity index (χ4v) is 3.70. The number of hydrogen-bond acceptors (Lipinski definition) is 5. The Morgan fingerprint density at radius 2 is 1.95 bits per heavy atom. The Hall–Kier alpha value is -0.700. The maximum Gasteiger partial charge on any atom is 0.221 e. The van der Waals surface area contributed by atoms with Crippen LogP contribution >= 0.6 is 0 Å². The fraction of sp³-hybridized carbons (Fsp3) is 0.917. The number of nitrogens with one attached hydrogen (secondary N) is 1. The zero-order chi connectivity index (χ0) is 14.6. The Morgan fingerprint density at radius 3 is 2.50 bits per heavy atom. The third-order valence-electron chi connectivity index (χ3n) is 3.85. The first-order valence-corrected chi connectivity index (χ1v) is 8.57. The van der Waals surface area contributed by atoms with Crippen LogP contribution in [0, 0.1) is 0 Å². The third-order valence-corrected chi connectivity index (χ3v) is 5.72. The molecule has 0 aromatic rings. The predicted molar refractivity (Wildman–Crippen MR) is 72.6 cm³/mol. The summed E-state index contributed by atoms with van der Waals surface area (Å²) in [4.78, 5) is 11.6. The Bertz CT molecular complexity index is 441. The van der Waals surface area contributed by atoms with Crippen LogP contribution in [-0.4, -0.2) is 67.9 Å². The number of hydrogen-bond donors (Lipinski definition) is 2. The van der Waals surface area contributed by atoms with Gasteiger partial charge < -0.3 is 15.2 Å². The Balaban J connectivity index is 1.71. The van der Waals surface area contributed by atoms with Crippen LogP contribution in [0.5, 0.6) is 0 Å². The largest absolute Gasteiger partial charge is 0.388 e. The summed E-state index contributed by atoms with van der Waals surface area (Å²) in [5.74, 6) is -0.528. The van der Waals surface area contributed by atoms with Gasteiger partial charge in [-0.2, -0.15) is 4.31 Å². The van der Waals surface area contributed by atoms with E-state index in [0.29, 0.717) is 39.1 Å². The number of carbonyl (C=O) groups is 1. The number of aliphatic hydroxyl groups is 1. The van der Waals surface area contributed by atoms with Gasteiger partial charge in [-0.3, -0.25) is 4.79 Å². The highest BCUT2D eigenvalue weighted by molar-refractivity contribution is 7.89. The minimum Gasteiger partial charge on any atom is -0.388 e. The summed E-state index contributed by atoms with van der Waals surface area (Å²) < 4.78 is 30.5. The third kappa shape index (κ3) is 4.15. The van der Waals surface area contributed by atoms with Crippen LogP contribution in [0.3, 0.4) is 0 Å². The summed E-state index contributed by atoms with van der Waals surface area (Å²) >= 11 is 0. The molecule has 1 amide bonds. The number of sulfonamides is 1. The molecule has 1 saturated heterocycles. The number of amides is 1. The molecule has 1 heterocycles. The highest BCUT2D eigenvalue weighted by atomic mass is 32.2. The quantitative estimate of drug-likeness (QED) is 0.661. The molecule has 0 aromatic heterocycles. The molecule has 0 aromatic carbocycles. The number of nitrogens with zero attached hydrogens (tertiary/aromatic N) is 1. The van der Waals surface area contributed by atoms with E-state index >= 15 is 0 Å². The lowest BCUT2D eigenvalue weighted by Gasteiger charge is -2.36. The number of rotatable bonds is 6. The molecule has 8 heteroatoms. The van der Waals surface area contributed by atoms with Crippen molar-refractivity contribution in [1.82, 2.24) is 9.62 Å². The first-order valence-electron chi connectivity index (χ1n) is 6.96. The first-order chi connectivity index (χ1) is 9.41. The molecule has 116 valence electrons. The van der Waals surface area contributed by atoms with E-state index in [0.717, 1.165) is 6.42 Å². The van der Waals surface area contributed by atoms with Crippen LogP contribution in [-0.2, 0) is 19.6 Å². The normalized spacial score (nSPS) is 23.1. The van der Waals surface area contributed by atoms with E-state index in [9.17, 15) is 18.3 Å². The van der Waals surface area contributed by atoms with Gasteiger partial charge in [0.25, 0.3) is 0 Å². The standard InChI is InChI=1S/C12H22N2O5S/c15-11(13-10-12(16)3-1-4-12)2-9-20(17,18)14-5-7-19-8-6-14/h16H,1-10H2,(H,13,15). The van der Waals surface area contributed by atoms with Gasteiger partial charge in [0, 0.05) is 26.1 Å². The zero-order valence-corrected chi connectivity index (χ0v) is 12.3. The Kier molecular flexibility index (Phi) is 5.00. The second-order valence-corrected chi connectivity index (χ2v) is 7.52. The van der Waals surface area contributed by atoms with Crippen molar-refractivity contribution in [3.05, 3.63) is 0 Å². The van der Waals surface area contributed by atoms with E-state index in [2.05, 4.69) is 5.32 Å². The molecular formula is C12H22N2O5S. The summed E-state index contributed by atoms with van der Waals surface area (Å²) in [5, 5.41) is 12.4.